The molecule has 0 fully saturated rings. The number of carbonyl (C=O) groups is 1. The van der Waals surface area contributed by atoms with Gasteiger partial charge in [0, 0.05) is 17.2 Å². The van der Waals surface area contributed by atoms with E-state index in [9.17, 15) is 4.79 Å². The second-order valence-electron chi connectivity index (χ2n) is 4.21. The van der Waals surface area contributed by atoms with Crippen LogP contribution in [0.5, 0.6) is 0 Å². The molecule has 0 atom stereocenters. The number of carbonyl (C=O) groups excluding carboxylic acids is 1. The second kappa shape index (κ2) is 6.47. The third kappa shape index (κ3) is 3.54. The third-order valence-electron chi connectivity index (χ3n) is 2.63. The van der Waals surface area contributed by atoms with Crippen molar-refractivity contribution in [2.45, 2.75) is 13.8 Å². The van der Waals surface area contributed by atoms with Gasteiger partial charge in [0.25, 0.3) is 5.91 Å². The van der Waals surface area contributed by atoms with Crippen molar-refractivity contribution >= 4 is 33.5 Å². The van der Waals surface area contributed by atoms with Crippen LogP contribution in [-0.2, 0) is 0 Å². The molecule has 0 spiro atoms. The molecular weight excluding hydrogens is 320 g/mol. The van der Waals surface area contributed by atoms with E-state index in [0.29, 0.717) is 17.3 Å². The first-order valence-corrected chi connectivity index (χ1v) is 7.04. The Balaban J connectivity index is 2.15. The Bertz CT molecular complexity index is 630. The van der Waals surface area contributed by atoms with E-state index >= 15 is 0 Å². The number of aryl methyl sites for hydroxylation is 1. The molecule has 0 aromatic carbocycles. The first kappa shape index (κ1) is 14.5. The Hall–Kier alpha value is -1.95. The van der Waals surface area contributed by atoms with Gasteiger partial charge in [-0.15, -0.1) is 0 Å². The molecule has 104 valence electrons. The number of rotatable bonds is 4. The molecule has 2 aromatic rings. The fourth-order valence-electron chi connectivity index (χ4n) is 1.63. The molecule has 2 rings (SSSR count). The highest BCUT2D eigenvalue weighted by Crippen LogP contribution is 2.17. The highest BCUT2D eigenvalue weighted by molar-refractivity contribution is 9.10. The van der Waals surface area contributed by atoms with Gasteiger partial charge in [0.1, 0.15) is 17.3 Å². The lowest BCUT2D eigenvalue weighted by Crippen LogP contribution is -2.15. The monoisotopic (exact) mass is 334 g/mol. The number of amides is 1. The predicted octanol–water partition coefficient (Wildman–Crippen LogP) is 3.23. The summed E-state index contributed by atoms with van der Waals surface area (Å²) in [5.41, 5.74) is 1.36. The number of halogens is 1. The quantitative estimate of drug-likeness (QED) is 0.900. The summed E-state index contributed by atoms with van der Waals surface area (Å²) in [4.78, 5) is 20.5. The van der Waals surface area contributed by atoms with Gasteiger partial charge in [-0.2, -0.15) is 0 Å². The number of nitrogens with one attached hydrogen (secondary N) is 2. The van der Waals surface area contributed by atoms with Crippen molar-refractivity contribution in [2.75, 3.05) is 17.2 Å². The van der Waals surface area contributed by atoms with Crippen LogP contribution in [0.15, 0.2) is 34.9 Å². The van der Waals surface area contributed by atoms with Crippen LogP contribution in [0.25, 0.3) is 0 Å². The highest BCUT2D eigenvalue weighted by atomic mass is 79.9. The lowest BCUT2D eigenvalue weighted by Gasteiger charge is -2.07. The minimum Gasteiger partial charge on any atom is -0.370 e. The van der Waals surface area contributed by atoms with Gasteiger partial charge in [-0.3, -0.25) is 4.79 Å². The summed E-state index contributed by atoms with van der Waals surface area (Å²) in [7, 11) is 0. The molecule has 6 heteroatoms. The third-order valence-corrected chi connectivity index (χ3v) is 3.46. The average molecular weight is 335 g/mol. The fourth-order valence-corrected chi connectivity index (χ4v) is 1.85. The van der Waals surface area contributed by atoms with Crippen molar-refractivity contribution < 1.29 is 4.79 Å². The van der Waals surface area contributed by atoms with Crippen LogP contribution in [0.3, 0.4) is 0 Å². The van der Waals surface area contributed by atoms with Gasteiger partial charge in [-0.25, -0.2) is 9.97 Å². The van der Waals surface area contributed by atoms with Crippen molar-refractivity contribution in [1.82, 2.24) is 9.97 Å². The molecule has 2 heterocycles. The summed E-state index contributed by atoms with van der Waals surface area (Å²) in [6, 6.07) is 7.08. The Morgan fingerprint density at radius 3 is 2.85 bits per heavy atom. The van der Waals surface area contributed by atoms with E-state index in [4.69, 9.17) is 0 Å². The van der Waals surface area contributed by atoms with E-state index in [-0.39, 0.29) is 5.91 Å². The Labute approximate surface area is 126 Å². The fraction of sp³-hybridized carbons (Fsp3) is 0.214. The molecular formula is C14H15BrN4O. The summed E-state index contributed by atoms with van der Waals surface area (Å²) in [5.74, 6) is 0.908. The van der Waals surface area contributed by atoms with Crippen LogP contribution < -0.4 is 10.6 Å². The zero-order chi connectivity index (χ0) is 14.5. The molecule has 5 nitrogen and oxygen atoms in total. The van der Waals surface area contributed by atoms with Crippen LogP contribution in [0.4, 0.5) is 11.6 Å². The topological polar surface area (TPSA) is 66.9 Å². The molecule has 0 aliphatic heterocycles. The molecule has 0 unspecified atom stereocenters. The van der Waals surface area contributed by atoms with Crippen molar-refractivity contribution in [3.63, 3.8) is 0 Å². The van der Waals surface area contributed by atoms with Crippen LogP contribution in [-0.4, -0.2) is 22.4 Å². The molecule has 2 N–H and O–H groups in total. The number of aromatic nitrogens is 2. The van der Waals surface area contributed by atoms with Crippen LogP contribution in [0, 0.1) is 6.92 Å². The molecule has 1 amide bonds. The smallest absolute Gasteiger partial charge is 0.275 e. The van der Waals surface area contributed by atoms with Gasteiger partial charge in [0.15, 0.2) is 0 Å². The molecule has 0 bridgehead atoms. The zero-order valence-corrected chi connectivity index (χ0v) is 12.9. The van der Waals surface area contributed by atoms with E-state index in [0.717, 1.165) is 16.6 Å². The van der Waals surface area contributed by atoms with Crippen molar-refractivity contribution in [3.05, 3.63) is 46.2 Å². The van der Waals surface area contributed by atoms with Crippen LogP contribution in [0.2, 0.25) is 0 Å². The lowest BCUT2D eigenvalue weighted by molar-refractivity contribution is 0.102. The average Bonchev–Trinajstić information content (AvgIpc) is 2.43. The zero-order valence-electron chi connectivity index (χ0n) is 11.3. The van der Waals surface area contributed by atoms with Gasteiger partial charge >= 0.3 is 0 Å². The summed E-state index contributed by atoms with van der Waals surface area (Å²) >= 11 is 3.37. The standard InChI is InChI=1S/C14H15BrN4O/c1-3-16-12-6-4-5-11(18-12)14(20)19-13-7-9(2)10(15)8-17-13/h4-8H,3H2,1-2H3,(H,16,18)(H,17,19,20). The number of pyridine rings is 2. The van der Waals surface area contributed by atoms with Gasteiger partial charge in [0.2, 0.25) is 0 Å². The van der Waals surface area contributed by atoms with Crippen LogP contribution in [0.1, 0.15) is 23.0 Å². The molecule has 20 heavy (non-hydrogen) atoms. The molecule has 0 radical (unpaired) electrons. The van der Waals surface area contributed by atoms with E-state index < -0.39 is 0 Å². The molecule has 2 aromatic heterocycles. The van der Waals surface area contributed by atoms with Crippen molar-refractivity contribution in [1.29, 1.82) is 0 Å². The minimum atomic E-state index is -0.279. The summed E-state index contributed by atoms with van der Waals surface area (Å²) in [5, 5.41) is 5.80. The van der Waals surface area contributed by atoms with Gasteiger partial charge in [0.05, 0.1) is 0 Å². The minimum absolute atomic E-state index is 0.279. The van der Waals surface area contributed by atoms with Gasteiger partial charge in [-0.05, 0) is 53.5 Å². The highest BCUT2D eigenvalue weighted by Gasteiger charge is 2.09. The van der Waals surface area contributed by atoms with Gasteiger partial charge < -0.3 is 10.6 Å². The van der Waals surface area contributed by atoms with Crippen LogP contribution >= 0.6 is 15.9 Å². The number of nitrogens with zero attached hydrogens (tertiary/aromatic N) is 2. The number of hydrogen-bond donors (Lipinski definition) is 2. The second-order valence-corrected chi connectivity index (χ2v) is 5.07. The van der Waals surface area contributed by atoms with Gasteiger partial charge in [-0.1, -0.05) is 6.07 Å². The van der Waals surface area contributed by atoms with E-state index in [1.165, 1.54) is 0 Å². The predicted molar refractivity (Wildman–Crippen MR) is 83.0 cm³/mol. The molecule has 0 aliphatic rings. The number of anilines is 2. The van der Waals surface area contributed by atoms with E-state index in [1.807, 2.05) is 19.9 Å². The maximum absolute atomic E-state index is 12.1. The maximum atomic E-state index is 12.1. The summed E-state index contributed by atoms with van der Waals surface area (Å²) in [6.07, 6.45) is 1.66. The Morgan fingerprint density at radius 1 is 1.35 bits per heavy atom. The van der Waals surface area contributed by atoms with Crippen molar-refractivity contribution in [2.24, 2.45) is 0 Å². The SMILES string of the molecule is CCNc1cccc(C(=O)Nc2cc(C)c(Br)cn2)n1. The normalized spacial score (nSPS) is 10.2. The largest absolute Gasteiger partial charge is 0.370 e. The Kier molecular flexibility index (Phi) is 4.68. The Morgan fingerprint density at radius 2 is 2.15 bits per heavy atom. The molecule has 0 saturated carbocycles. The first-order valence-electron chi connectivity index (χ1n) is 6.24. The van der Waals surface area contributed by atoms with E-state index in [1.54, 1.807) is 24.4 Å². The maximum Gasteiger partial charge on any atom is 0.275 e. The first-order chi connectivity index (χ1) is 9.60. The summed E-state index contributed by atoms with van der Waals surface area (Å²) < 4.78 is 0.905. The molecule has 0 saturated heterocycles. The van der Waals surface area contributed by atoms with Crippen molar-refractivity contribution in [3.8, 4) is 0 Å². The lowest BCUT2D eigenvalue weighted by atomic mass is 10.3. The van der Waals surface area contributed by atoms with E-state index in [2.05, 4.69) is 36.5 Å². The summed E-state index contributed by atoms with van der Waals surface area (Å²) in [6.45, 7) is 4.67. The number of hydrogen-bond acceptors (Lipinski definition) is 4. The molecule has 0 aliphatic carbocycles.